The van der Waals surface area contributed by atoms with Crippen molar-refractivity contribution in [3.05, 3.63) is 78.9 Å². The van der Waals surface area contributed by atoms with Crippen LogP contribution in [0.15, 0.2) is 83.8 Å². The third-order valence-electron chi connectivity index (χ3n) is 3.70. The fourth-order valence-corrected chi connectivity index (χ4v) is 3.71. The molecule has 0 aliphatic carbocycles. The molecule has 0 fully saturated rings. The number of nitrogens with one attached hydrogen (secondary N) is 1. The molecule has 1 N–H and O–H groups in total. The Morgan fingerprint density at radius 2 is 1.62 bits per heavy atom. The summed E-state index contributed by atoms with van der Waals surface area (Å²) >= 11 is 0. The summed E-state index contributed by atoms with van der Waals surface area (Å²) in [6.45, 7) is 5.06. The molecule has 5 nitrogen and oxygen atoms in total. The van der Waals surface area contributed by atoms with E-state index in [-0.39, 0.29) is 10.5 Å². The van der Waals surface area contributed by atoms with Crippen LogP contribution >= 0.6 is 0 Å². The Hall–Kier alpha value is -3.12. The number of fused-ring (bicyclic) bond motifs is 1. The van der Waals surface area contributed by atoms with Crippen LogP contribution in [-0.4, -0.2) is 14.4 Å². The van der Waals surface area contributed by atoms with Gasteiger partial charge < -0.3 is 4.74 Å². The number of hydrogen-bond acceptors (Lipinski definition) is 4. The highest BCUT2D eigenvalue weighted by atomic mass is 32.2. The quantitative estimate of drug-likeness (QED) is 0.418. The number of carbonyl (C=O) groups is 1. The fourth-order valence-electron chi connectivity index (χ4n) is 2.43. The largest absolute Gasteiger partial charge is 0.423 e. The van der Waals surface area contributed by atoms with Crippen molar-refractivity contribution in [3.8, 4) is 5.75 Å². The number of anilines is 1. The first-order valence-corrected chi connectivity index (χ1v) is 9.33. The Morgan fingerprint density at radius 1 is 0.962 bits per heavy atom. The average Bonchev–Trinajstić information content (AvgIpc) is 2.62. The molecule has 0 spiro atoms. The number of ether oxygens (including phenoxy) is 1. The molecular formula is C20H17NO4S. The van der Waals surface area contributed by atoms with Crippen molar-refractivity contribution >= 4 is 32.5 Å². The Balaban J connectivity index is 1.85. The molecule has 6 heteroatoms. The smallest absolute Gasteiger partial charge is 0.338 e. The van der Waals surface area contributed by atoms with Gasteiger partial charge in [0.2, 0.25) is 0 Å². The van der Waals surface area contributed by atoms with Crippen LogP contribution in [0.2, 0.25) is 0 Å². The molecule has 0 saturated carbocycles. The Morgan fingerprint density at radius 3 is 2.31 bits per heavy atom. The van der Waals surface area contributed by atoms with Gasteiger partial charge in [0.05, 0.1) is 4.90 Å². The van der Waals surface area contributed by atoms with Crippen molar-refractivity contribution in [2.45, 2.75) is 11.8 Å². The number of esters is 1. The Labute approximate surface area is 152 Å². The summed E-state index contributed by atoms with van der Waals surface area (Å²) in [5, 5.41) is 1.49. The van der Waals surface area contributed by atoms with Gasteiger partial charge in [-0.3, -0.25) is 4.72 Å². The first kappa shape index (κ1) is 17.7. The maximum absolute atomic E-state index is 12.8. The maximum Gasteiger partial charge on any atom is 0.338 e. The summed E-state index contributed by atoms with van der Waals surface area (Å²) in [5.41, 5.74) is 0.652. The summed E-state index contributed by atoms with van der Waals surface area (Å²) in [7, 11) is -3.76. The van der Waals surface area contributed by atoms with Crippen LogP contribution < -0.4 is 9.46 Å². The number of hydrogen-bond donors (Lipinski definition) is 1. The summed E-state index contributed by atoms with van der Waals surface area (Å²) in [6, 6.07) is 18.5. The molecule has 3 rings (SSSR count). The molecule has 3 aromatic carbocycles. The topological polar surface area (TPSA) is 72.5 Å². The van der Waals surface area contributed by atoms with Crippen LogP contribution in [0, 0.1) is 0 Å². The van der Waals surface area contributed by atoms with E-state index in [2.05, 4.69) is 11.3 Å². The van der Waals surface area contributed by atoms with Crippen molar-refractivity contribution in [3.63, 3.8) is 0 Å². The molecular weight excluding hydrogens is 350 g/mol. The van der Waals surface area contributed by atoms with E-state index in [1.54, 1.807) is 31.2 Å². The van der Waals surface area contributed by atoms with Gasteiger partial charge in [0.15, 0.2) is 0 Å². The van der Waals surface area contributed by atoms with Crippen molar-refractivity contribution in [1.29, 1.82) is 0 Å². The lowest BCUT2D eigenvalue weighted by Crippen LogP contribution is -2.13. The lowest BCUT2D eigenvalue weighted by atomic mass is 10.1. The highest BCUT2D eigenvalue weighted by Gasteiger charge is 2.17. The van der Waals surface area contributed by atoms with E-state index >= 15 is 0 Å². The summed E-state index contributed by atoms with van der Waals surface area (Å²) in [6.07, 6.45) is 0. The zero-order chi connectivity index (χ0) is 18.7. The van der Waals surface area contributed by atoms with E-state index in [0.717, 1.165) is 5.39 Å². The van der Waals surface area contributed by atoms with Gasteiger partial charge in [0.25, 0.3) is 10.0 Å². The molecule has 0 aliphatic rings. The maximum atomic E-state index is 12.8. The molecule has 132 valence electrons. The molecule has 0 atom stereocenters. The molecule has 0 aromatic heterocycles. The lowest BCUT2D eigenvalue weighted by molar-refractivity contribution is -0.130. The molecule has 0 bridgehead atoms. The van der Waals surface area contributed by atoms with E-state index in [1.165, 1.54) is 24.3 Å². The first-order chi connectivity index (χ1) is 12.4. The van der Waals surface area contributed by atoms with Gasteiger partial charge in [0, 0.05) is 16.6 Å². The van der Waals surface area contributed by atoms with E-state index < -0.39 is 16.0 Å². The summed E-state index contributed by atoms with van der Waals surface area (Å²) < 4.78 is 33.2. The SMILES string of the molecule is C=C(C)C(=O)Oc1ccc(NS(=O)(=O)c2cccc3ccccc23)cc1. The molecule has 0 aliphatic heterocycles. The predicted octanol–water partition coefficient (Wildman–Crippen LogP) is 4.12. The van der Waals surface area contributed by atoms with Crippen molar-refractivity contribution in [2.75, 3.05) is 4.72 Å². The monoisotopic (exact) mass is 367 g/mol. The minimum atomic E-state index is -3.76. The number of benzene rings is 3. The summed E-state index contributed by atoms with van der Waals surface area (Å²) in [4.78, 5) is 11.7. The van der Waals surface area contributed by atoms with Gasteiger partial charge in [-0.15, -0.1) is 0 Å². The molecule has 0 amide bonds. The van der Waals surface area contributed by atoms with E-state index in [9.17, 15) is 13.2 Å². The van der Waals surface area contributed by atoms with Gasteiger partial charge >= 0.3 is 5.97 Å². The van der Waals surface area contributed by atoms with E-state index in [4.69, 9.17) is 4.74 Å². The highest BCUT2D eigenvalue weighted by Crippen LogP contribution is 2.25. The second-order valence-corrected chi connectivity index (χ2v) is 7.43. The third-order valence-corrected chi connectivity index (χ3v) is 5.14. The molecule has 0 unspecified atom stereocenters. The fraction of sp³-hybridized carbons (Fsp3) is 0.0500. The average molecular weight is 367 g/mol. The van der Waals surface area contributed by atoms with Gasteiger partial charge in [0.1, 0.15) is 5.75 Å². The number of rotatable bonds is 5. The number of sulfonamides is 1. The van der Waals surface area contributed by atoms with Crippen molar-refractivity contribution in [1.82, 2.24) is 0 Å². The molecule has 3 aromatic rings. The highest BCUT2D eigenvalue weighted by molar-refractivity contribution is 7.93. The van der Waals surface area contributed by atoms with Gasteiger partial charge in [-0.2, -0.15) is 0 Å². The Bertz CT molecular complexity index is 1080. The van der Waals surface area contributed by atoms with Gasteiger partial charge in [-0.05, 0) is 42.6 Å². The zero-order valence-corrected chi connectivity index (χ0v) is 14.9. The van der Waals surface area contributed by atoms with Crippen molar-refractivity contribution in [2.24, 2.45) is 0 Å². The van der Waals surface area contributed by atoms with Crippen LogP contribution in [-0.2, 0) is 14.8 Å². The standard InChI is InChI=1S/C20H17NO4S/c1-14(2)20(22)25-17-12-10-16(11-13-17)21-26(23,24)19-9-5-7-15-6-3-4-8-18(15)19/h3-13,21H,1H2,2H3. The number of carbonyl (C=O) groups excluding carboxylic acids is 1. The Kier molecular flexibility index (Phi) is 4.77. The molecule has 0 radical (unpaired) electrons. The van der Waals surface area contributed by atoms with Crippen LogP contribution in [0.25, 0.3) is 10.8 Å². The minimum absolute atomic E-state index is 0.202. The van der Waals surface area contributed by atoms with Crippen molar-refractivity contribution < 1.29 is 17.9 Å². The second-order valence-electron chi connectivity index (χ2n) is 5.78. The zero-order valence-electron chi connectivity index (χ0n) is 14.1. The van der Waals surface area contributed by atoms with E-state index in [0.29, 0.717) is 16.8 Å². The summed E-state index contributed by atoms with van der Waals surface area (Å²) in [5.74, 6) is -0.222. The van der Waals surface area contributed by atoms with Crippen LogP contribution in [0.4, 0.5) is 5.69 Å². The molecule has 0 heterocycles. The first-order valence-electron chi connectivity index (χ1n) is 7.85. The third kappa shape index (κ3) is 3.75. The minimum Gasteiger partial charge on any atom is -0.423 e. The van der Waals surface area contributed by atoms with Gasteiger partial charge in [-0.1, -0.05) is 43.0 Å². The molecule has 26 heavy (non-hydrogen) atoms. The predicted molar refractivity (Wildman–Crippen MR) is 102 cm³/mol. The van der Waals surface area contributed by atoms with Gasteiger partial charge in [-0.25, -0.2) is 13.2 Å². The van der Waals surface area contributed by atoms with E-state index in [1.807, 2.05) is 18.2 Å². The lowest BCUT2D eigenvalue weighted by Gasteiger charge is -2.11. The molecule has 0 saturated heterocycles. The van der Waals surface area contributed by atoms with Crippen LogP contribution in [0.1, 0.15) is 6.92 Å². The normalized spacial score (nSPS) is 11.1. The van der Waals surface area contributed by atoms with Crippen LogP contribution in [0.5, 0.6) is 5.75 Å². The van der Waals surface area contributed by atoms with Crippen LogP contribution in [0.3, 0.4) is 0 Å². The second kappa shape index (κ2) is 7.01.